The van der Waals surface area contributed by atoms with Gasteiger partial charge in [-0.05, 0) is 83.3 Å². The van der Waals surface area contributed by atoms with Crippen molar-refractivity contribution in [2.45, 2.75) is 84.0 Å². The zero-order valence-corrected chi connectivity index (χ0v) is 22.1. The van der Waals surface area contributed by atoms with E-state index < -0.39 is 0 Å². The Morgan fingerprint density at radius 2 is 1.71 bits per heavy atom. The molecule has 6 nitrogen and oxygen atoms in total. The van der Waals surface area contributed by atoms with Crippen molar-refractivity contribution in [1.29, 1.82) is 0 Å². The van der Waals surface area contributed by atoms with E-state index in [9.17, 15) is 4.79 Å². The van der Waals surface area contributed by atoms with Gasteiger partial charge >= 0.3 is 0 Å². The maximum absolute atomic E-state index is 11.3. The maximum Gasteiger partial charge on any atom is 0.220 e. The van der Waals surface area contributed by atoms with Crippen LogP contribution in [0.1, 0.15) is 84.0 Å². The number of carbonyl (C=O) groups is 1. The van der Waals surface area contributed by atoms with Crippen LogP contribution in [-0.4, -0.2) is 67.5 Å². The number of nitrogens with one attached hydrogen (secondary N) is 1. The Hall–Kier alpha value is -0.570. The van der Waals surface area contributed by atoms with Crippen LogP contribution in [0.5, 0.6) is 0 Å². The minimum Gasteiger partial charge on any atom is -0.369 e. The fourth-order valence-electron chi connectivity index (χ4n) is 5.77. The number of amides is 1. The zero-order chi connectivity index (χ0) is 21.2. The number of rotatable bonds is 7. The first kappa shape index (κ1) is 26.7. The normalized spacial score (nSPS) is 23.3. The van der Waals surface area contributed by atoms with Crippen LogP contribution in [0.4, 0.5) is 0 Å². The highest BCUT2D eigenvalue weighted by molar-refractivity contribution is 14.0. The third-order valence-electron chi connectivity index (χ3n) is 7.59. The molecule has 2 saturated heterocycles. The molecule has 3 N–H and O–H groups in total. The van der Waals surface area contributed by atoms with E-state index in [0.29, 0.717) is 5.41 Å². The molecule has 31 heavy (non-hydrogen) atoms. The van der Waals surface area contributed by atoms with E-state index in [-0.39, 0.29) is 35.8 Å². The highest BCUT2D eigenvalue weighted by atomic mass is 127. The molecule has 2 aliphatic heterocycles. The summed E-state index contributed by atoms with van der Waals surface area (Å²) in [6.45, 7) is 9.52. The number of primary amides is 1. The molecule has 0 bridgehead atoms. The third kappa shape index (κ3) is 8.37. The number of hydrogen-bond donors (Lipinski definition) is 2. The molecule has 180 valence electrons. The lowest BCUT2D eigenvalue weighted by atomic mass is 9.74. The molecule has 1 amide bonds. The SMILES string of the molecule is CCNC(=NCCCCN1CCC(C(N)=O)CC1)N1CCCC2(CCCCCC2)C1.I. The van der Waals surface area contributed by atoms with Gasteiger partial charge in [0.1, 0.15) is 0 Å². The number of nitrogens with two attached hydrogens (primary N) is 1. The molecule has 2 heterocycles. The van der Waals surface area contributed by atoms with E-state index in [1.54, 1.807) is 0 Å². The Kier molecular flexibility index (Phi) is 11.9. The molecule has 1 spiro atoms. The van der Waals surface area contributed by atoms with Gasteiger partial charge in [-0.1, -0.05) is 25.7 Å². The van der Waals surface area contributed by atoms with Crippen LogP contribution >= 0.6 is 24.0 Å². The molecule has 3 aliphatic rings. The lowest BCUT2D eigenvalue weighted by Crippen LogP contribution is -2.50. The van der Waals surface area contributed by atoms with Crippen LogP contribution in [0, 0.1) is 11.3 Å². The number of nitrogens with zero attached hydrogens (tertiary/aromatic N) is 3. The molecular weight excluding hydrogens is 501 g/mol. The second kappa shape index (κ2) is 13.9. The molecule has 3 fully saturated rings. The van der Waals surface area contributed by atoms with Gasteiger partial charge in [-0.2, -0.15) is 0 Å². The lowest BCUT2D eigenvalue weighted by Gasteiger charge is -2.44. The van der Waals surface area contributed by atoms with Gasteiger partial charge in [-0.25, -0.2) is 0 Å². The molecule has 0 radical (unpaired) electrons. The Morgan fingerprint density at radius 1 is 1.03 bits per heavy atom. The molecule has 1 saturated carbocycles. The van der Waals surface area contributed by atoms with Crippen molar-refractivity contribution in [3.63, 3.8) is 0 Å². The molecule has 0 aromatic heterocycles. The summed E-state index contributed by atoms with van der Waals surface area (Å²) in [6.07, 6.45) is 15.4. The summed E-state index contributed by atoms with van der Waals surface area (Å²) in [6, 6.07) is 0. The molecule has 0 unspecified atom stereocenters. The Labute approximate surface area is 207 Å². The average Bonchev–Trinajstić information content (AvgIpc) is 2.98. The Morgan fingerprint density at radius 3 is 2.35 bits per heavy atom. The summed E-state index contributed by atoms with van der Waals surface area (Å²) >= 11 is 0. The van der Waals surface area contributed by atoms with Crippen LogP contribution in [0.3, 0.4) is 0 Å². The predicted molar refractivity (Wildman–Crippen MR) is 140 cm³/mol. The van der Waals surface area contributed by atoms with Gasteiger partial charge in [0.2, 0.25) is 5.91 Å². The van der Waals surface area contributed by atoms with E-state index >= 15 is 0 Å². The third-order valence-corrected chi connectivity index (χ3v) is 7.59. The summed E-state index contributed by atoms with van der Waals surface area (Å²) in [5.41, 5.74) is 5.98. The van der Waals surface area contributed by atoms with Gasteiger partial charge in [0.15, 0.2) is 5.96 Å². The molecule has 1 aliphatic carbocycles. The molecule has 0 atom stereocenters. The molecule has 0 aromatic rings. The number of hydrogen-bond acceptors (Lipinski definition) is 3. The number of piperidine rings is 2. The number of carbonyl (C=O) groups excluding carboxylic acids is 1. The number of likely N-dealkylation sites (tertiary alicyclic amines) is 2. The topological polar surface area (TPSA) is 74.0 Å². The highest BCUT2D eigenvalue weighted by Crippen LogP contribution is 2.42. The van der Waals surface area contributed by atoms with Crippen molar-refractivity contribution in [3.05, 3.63) is 0 Å². The van der Waals surface area contributed by atoms with Crippen LogP contribution in [0.15, 0.2) is 4.99 Å². The highest BCUT2D eigenvalue weighted by Gasteiger charge is 2.36. The fourth-order valence-corrected chi connectivity index (χ4v) is 5.77. The Balaban J connectivity index is 0.00000341. The first-order chi connectivity index (χ1) is 14.6. The summed E-state index contributed by atoms with van der Waals surface area (Å²) < 4.78 is 0. The molecule has 3 rings (SSSR count). The van der Waals surface area contributed by atoms with Crippen molar-refractivity contribution in [3.8, 4) is 0 Å². The largest absolute Gasteiger partial charge is 0.369 e. The van der Waals surface area contributed by atoms with Gasteiger partial charge in [0.05, 0.1) is 0 Å². The summed E-state index contributed by atoms with van der Waals surface area (Å²) in [5, 5.41) is 3.57. The first-order valence-corrected chi connectivity index (χ1v) is 12.7. The average molecular weight is 548 g/mol. The van der Waals surface area contributed by atoms with E-state index in [1.165, 1.54) is 64.3 Å². The number of aliphatic imine (C=N–C) groups is 1. The van der Waals surface area contributed by atoms with Crippen LogP contribution in [0.25, 0.3) is 0 Å². The van der Waals surface area contributed by atoms with Crippen molar-refractivity contribution in [2.24, 2.45) is 22.1 Å². The molecule has 7 heteroatoms. The number of guanidine groups is 1. The van der Waals surface area contributed by atoms with Crippen molar-refractivity contribution in [1.82, 2.24) is 15.1 Å². The minimum atomic E-state index is -0.122. The van der Waals surface area contributed by atoms with Gasteiger partial charge in [-0.15, -0.1) is 24.0 Å². The van der Waals surface area contributed by atoms with E-state index in [2.05, 4.69) is 22.0 Å². The van der Waals surface area contributed by atoms with Gasteiger partial charge in [-0.3, -0.25) is 9.79 Å². The second-order valence-electron chi connectivity index (χ2n) is 9.90. The fraction of sp³-hybridized carbons (Fsp3) is 0.917. The molecular formula is C24H46IN5O. The van der Waals surface area contributed by atoms with Gasteiger partial charge < -0.3 is 20.9 Å². The van der Waals surface area contributed by atoms with Gasteiger partial charge in [0.25, 0.3) is 0 Å². The van der Waals surface area contributed by atoms with Crippen LogP contribution < -0.4 is 11.1 Å². The second-order valence-corrected chi connectivity index (χ2v) is 9.90. The predicted octanol–water partition coefficient (Wildman–Crippen LogP) is 3.98. The van der Waals surface area contributed by atoms with Gasteiger partial charge in [0, 0.05) is 32.1 Å². The number of unbranched alkanes of at least 4 members (excludes halogenated alkanes) is 1. The van der Waals surface area contributed by atoms with E-state index in [0.717, 1.165) is 64.5 Å². The first-order valence-electron chi connectivity index (χ1n) is 12.7. The van der Waals surface area contributed by atoms with Crippen molar-refractivity contribution in [2.75, 3.05) is 45.8 Å². The lowest BCUT2D eigenvalue weighted by molar-refractivity contribution is -0.123. The quantitative estimate of drug-likeness (QED) is 0.219. The summed E-state index contributed by atoms with van der Waals surface area (Å²) in [7, 11) is 0. The summed E-state index contributed by atoms with van der Waals surface area (Å²) in [4.78, 5) is 21.4. The van der Waals surface area contributed by atoms with E-state index in [4.69, 9.17) is 10.7 Å². The minimum absolute atomic E-state index is 0. The monoisotopic (exact) mass is 547 g/mol. The van der Waals surface area contributed by atoms with Crippen LogP contribution in [-0.2, 0) is 4.79 Å². The Bertz CT molecular complexity index is 554. The molecule has 0 aromatic carbocycles. The van der Waals surface area contributed by atoms with E-state index in [1.807, 2.05) is 0 Å². The zero-order valence-electron chi connectivity index (χ0n) is 19.7. The smallest absolute Gasteiger partial charge is 0.220 e. The standard InChI is InChI=1S/C24H45N5O.HI/c1-2-26-23(29-17-9-14-24(20-29)12-5-3-4-6-13-24)27-15-7-8-16-28-18-10-21(11-19-28)22(25)30;/h21H,2-20H2,1H3,(H2,25,30)(H,26,27);1H. The number of halogens is 1. The summed E-state index contributed by atoms with van der Waals surface area (Å²) in [5.74, 6) is 1.11. The van der Waals surface area contributed by atoms with Crippen molar-refractivity contribution < 1.29 is 4.79 Å². The van der Waals surface area contributed by atoms with Crippen LogP contribution in [0.2, 0.25) is 0 Å². The maximum atomic E-state index is 11.3. The van der Waals surface area contributed by atoms with Crippen molar-refractivity contribution >= 4 is 35.8 Å².